The van der Waals surface area contributed by atoms with Crippen LogP contribution in [0.2, 0.25) is 0 Å². The Bertz CT molecular complexity index is 268. The van der Waals surface area contributed by atoms with Crippen LogP contribution in [-0.2, 0) is 9.53 Å². The third-order valence-corrected chi connectivity index (χ3v) is 4.46. The van der Waals surface area contributed by atoms with Gasteiger partial charge in [0.25, 0.3) is 0 Å². The number of ether oxygens (including phenoxy) is 1. The number of aliphatic carboxylic acids is 1. The van der Waals surface area contributed by atoms with Crippen molar-refractivity contribution in [1.82, 2.24) is 0 Å². The first-order valence-electron chi connectivity index (χ1n) is 9.54. The van der Waals surface area contributed by atoms with Gasteiger partial charge in [-0.25, -0.2) is 0 Å². The Morgan fingerprint density at radius 3 is 1.96 bits per heavy atom. The fourth-order valence-corrected chi connectivity index (χ4v) is 2.94. The highest BCUT2D eigenvalue weighted by molar-refractivity contribution is 5.66. The summed E-state index contributed by atoms with van der Waals surface area (Å²) in [5.74, 6) is -0.710. The average Bonchev–Trinajstić information content (AvgIpc) is 2.53. The number of aliphatic hydroxyl groups is 1. The maximum Gasteiger partial charge on any atom is 0.303 e. The second-order valence-corrected chi connectivity index (χ2v) is 6.60. The summed E-state index contributed by atoms with van der Waals surface area (Å²) < 4.78 is 5.45. The lowest BCUT2D eigenvalue weighted by molar-refractivity contribution is -0.137. The van der Waals surface area contributed by atoms with Gasteiger partial charge in [0, 0.05) is 13.5 Å². The predicted octanol–water partition coefficient (Wildman–Crippen LogP) is 4.93. The molecule has 0 amide bonds. The van der Waals surface area contributed by atoms with Crippen molar-refractivity contribution in [2.24, 2.45) is 0 Å². The maximum absolute atomic E-state index is 10.4. The smallest absolute Gasteiger partial charge is 0.303 e. The van der Waals surface area contributed by atoms with Crippen LogP contribution in [0.3, 0.4) is 0 Å². The highest BCUT2D eigenvalue weighted by atomic mass is 16.5. The highest BCUT2D eigenvalue weighted by Crippen LogP contribution is 2.17. The van der Waals surface area contributed by atoms with Gasteiger partial charge in [-0.15, -0.1) is 0 Å². The number of carboxylic acids is 1. The number of unbranched alkanes of at least 4 members (excludes halogenated alkanes) is 9. The minimum absolute atomic E-state index is 0.0341. The second kappa shape index (κ2) is 16.3. The zero-order valence-corrected chi connectivity index (χ0v) is 15.3. The summed E-state index contributed by atoms with van der Waals surface area (Å²) in [5, 5.41) is 18.8. The molecule has 138 valence electrons. The number of hydrogen-bond acceptors (Lipinski definition) is 3. The summed E-state index contributed by atoms with van der Waals surface area (Å²) in [6.07, 6.45) is 14.0. The van der Waals surface area contributed by atoms with Crippen LogP contribution in [0.4, 0.5) is 0 Å². The van der Waals surface area contributed by atoms with Gasteiger partial charge in [0.05, 0.1) is 12.2 Å². The van der Waals surface area contributed by atoms with Crippen molar-refractivity contribution >= 4 is 5.97 Å². The molecule has 0 spiro atoms. The summed E-state index contributed by atoms with van der Waals surface area (Å²) in [7, 11) is 1.69. The summed E-state index contributed by atoms with van der Waals surface area (Å²) in [6.45, 7) is 2.23. The van der Waals surface area contributed by atoms with Gasteiger partial charge >= 0.3 is 5.97 Å². The average molecular weight is 331 g/mol. The summed E-state index contributed by atoms with van der Waals surface area (Å²) in [6, 6.07) is 0. The minimum Gasteiger partial charge on any atom is -0.481 e. The van der Waals surface area contributed by atoms with Crippen molar-refractivity contribution in [3.8, 4) is 0 Å². The number of rotatable bonds is 17. The van der Waals surface area contributed by atoms with Crippen molar-refractivity contribution in [2.75, 3.05) is 7.11 Å². The molecule has 2 unspecified atom stereocenters. The molecule has 23 heavy (non-hydrogen) atoms. The van der Waals surface area contributed by atoms with Gasteiger partial charge in [-0.05, 0) is 19.3 Å². The fraction of sp³-hybridized carbons (Fsp3) is 0.947. The van der Waals surface area contributed by atoms with E-state index in [4.69, 9.17) is 9.84 Å². The Morgan fingerprint density at radius 2 is 1.39 bits per heavy atom. The van der Waals surface area contributed by atoms with Gasteiger partial charge in [0.15, 0.2) is 0 Å². The Balaban J connectivity index is 3.56. The van der Waals surface area contributed by atoms with Crippen LogP contribution in [-0.4, -0.2) is 35.5 Å². The molecule has 0 fully saturated rings. The molecule has 0 radical (unpaired) electrons. The Kier molecular flexibility index (Phi) is 15.8. The molecule has 0 aromatic heterocycles. The first-order valence-corrected chi connectivity index (χ1v) is 9.54. The quantitative estimate of drug-likeness (QED) is 0.371. The second-order valence-electron chi connectivity index (χ2n) is 6.60. The lowest BCUT2D eigenvalue weighted by Gasteiger charge is -2.21. The SMILES string of the molecule is CCCCCCCCC(OC)C(O)CCCCCCCC(=O)O. The van der Waals surface area contributed by atoms with Crippen molar-refractivity contribution in [2.45, 2.75) is 109 Å². The van der Waals surface area contributed by atoms with Crippen LogP contribution in [0.25, 0.3) is 0 Å². The lowest BCUT2D eigenvalue weighted by atomic mass is 9.99. The predicted molar refractivity (Wildman–Crippen MR) is 94.8 cm³/mol. The van der Waals surface area contributed by atoms with E-state index in [9.17, 15) is 9.90 Å². The molecule has 2 atom stereocenters. The van der Waals surface area contributed by atoms with Gasteiger partial charge in [-0.2, -0.15) is 0 Å². The van der Waals surface area contributed by atoms with E-state index in [1.807, 2.05) is 0 Å². The number of hydrogen-bond donors (Lipinski definition) is 2. The monoisotopic (exact) mass is 330 g/mol. The molecule has 0 aromatic carbocycles. The van der Waals surface area contributed by atoms with Crippen LogP contribution in [0.5, 0.6) is 0 Å². The van der Waals surface area contributed by atoms with Crippen molar-refractivity contribution in [3.05, 3.63) is 0 Å². The van der Waals surface area contributed by atoms with E-state index in [0.29, 0.717) is 0 Å². The minimum atomic E-state index is -0.710. The first-order chi connectivity index (χ1) is 11.1. The topological polar surface area (TPSA) is 66.8 Å². The van der Waals surface area contributed by atoms with Gasteiger partial charge < -0.3 is 14.9 Å². The molecule has 0 heterocycles. The number of methoxy groups -OCH3 is 1. The van der Waals surface area contributed by atoms with E-state index in [1.54, 1.807) is 7.11 Å². The van der Waals surface area contributed by atoms with Gasteiger partial charge in [-0.1, -0.05) is 71.1 Å². The fourth-order valence-electron chi connectivity index (χ4n) is 2.94. The Labute approximate surface area is 142 Å². The van der Waals surface area contributed by atoms with E-state index < -0.39 is 5.97 Å². The molecular formula is C19H38O4. The van der Waals surface area contributed by atoms with E-state index >= 15 is 0 Å². The van der Waals surface area contributed by atoms with Crippen LogP contribution < -0.4 is 0 Å². The van der Waals surface area contributed by atoms with Gasteiger partial charge in [0.1, 0.15) is 0 Å². The Hall–Kier alpha value is -0.610. The molecule has 0 rings (SSSR count). The lowest BCUT2D eigenvalue weighted by Crippen LogP contribution is -2.27. The normalized spacial score (nSPS) is 13.9. The van der Waals surface area contributed by atoms with Crippen molar-refractivity contribution in [1.29, 1.82) is 0 Å². The summed E-state index contributed by atoms with van der Waals surface area (Å²) in [5.41, 5.74) is 0. The first kappa shape index (κ1) is 22.4. The maximum atomic E-state index is 10.4. The molecule has 0 bridgehead atoms. The zero-order valence-electron chi connectivity index (χ0n) is 15.3. The van der Waals surface area contributed by atoms with E-state index in [1.165, 1.54) is 32.1 Å². The molecular weight excluding hydrogens is 292 g/mol. The third-order valence-electron chi connectivity index (χ3n) is 4.46. The van der Waals surface area contributed by atoms with E-state index in [0.717, 1.165) is 51.4 Å². The molecule has 0 saturated heterocycles. The number of aliphatic hydroxyl groups excluding tert-OH is 1. The molecule has 0 aliphatic rings. The molecule has 0 aromatic rings. The standard InChI is InChI=1S/C19H38O4/c1-3-4-5-6-9-12-15-18(23-2)17(20)14-11-8-7-10-13-16-19(21)22/h17-18,20H,3-16H2,1-2H3,(H,21,22). The molecule has 0 saturated carbocycles. The van der Waals surface area contributed by atoms with Crippen LogP contribution in [0.15, 0.2) is 0 Å². The Morgan fingerprint density at radius 1 is 0.870 bits per heavy atom. The van der Waals surface area contributed by atoms with Gasteiger partial charge in [0.2, 0.25) is 0 Å². The van der Waals surface area contributed by atoms with Crippen molar-refractivity contribution < 1.29 is 19.7 Å². The van der Waals surface area contributed by atoms with Crippen molar-refractivity contribution in [3.63, 3.8) is 0 Å². The van der Waals surface area contributed by atoms with Gasteiger partial charge in [-0.3, -0.25) is 4.79 Å². The largest absolute Gasteiger partial charge is 0.481 e. The van der Waals surface area contributed by atoms with E-state index in [-0.39, 0.29) is 18.6 Å². The molecule has 4 nitrogen and oxygen atoms in total. The zero-order chi connectivity index (χ0) is 17.3. The summed E-state index contributed by atoms with van der Waals surface area (Å²) >= 11 is 0. The molecule has 0 aliphatic carbocycles. The van der Waals surface area contributed by atoms with E-state index in [2.05, 4.69) is 6.92 Å². The molecule has 4 heteroatoms. The van der Waals surface area contributed by atoms with Crippen LogP contribution in [0, 0.1) is 0 Å². The highest BCUT2D eigenvalue weighted by Gasteiger charge is 2.17. The molecule has 0 aliphatic heterocycles. The third kappa shape index (κ3) is 14.7. The number of carbonyl (C=O) groups is 1. The van der Waals surface area contributed by atoms with Crippen LogP contribution in [0.1, 0.15) is 96.8 Å². The molecule has 2 N–H and O–H groups in total. The number of carboxylic acid groups (broad SMARTS) is 1. The summed E-state index contributed by atoms with van der Waals surface area (Å²) in [4.78, 5) is 10.4. The van der Waals surface area contributed by atoms with Crippen LogP contribution >= 0.6 is 0 Å².